The summed E-state index contributed by atoms with van der Waals surface area (Å²) in [6.07, 6.45) is 0. The van der Waals surface area contributed by atoms with Crippen molar-refractivity contribution in [1.82, 2.24) is 0 Å². The van der Waals surface area contributed by atoms with E-state index in [-0.39, 0.29) is 0 Å². The average Bonchev–Trinajstić information content (AvgIpc) is 2.32. The minimum Gasteiger partial charge on any atom is -0.455 e. The molecule has 2 rings (SSSR count). The van der Waals surface area contributed by atoms with E-state index < -0.39 is 0 Å². The van der Waals surface area contributed by atoms with Crippen molar-refractivity contribution in [2.24, 2.45) is 0 Å². The van der Waals surface area contributed by atoms with Gasteiger partial charge in [0.15, 0.2) is 0 Å². The number of para-hydroxylation sites is 1. The van der Waals surface area contributed by atoms with E-state index in [1.165, 1.54) is 0 Å². The Hall–Kier alpha value is -1.50. The zero-order chi connectivity index (χ0) is 12.3. The molecule has 0 amide bonds. The first kappa shape index (κ1) is 12.0. The standard InChI is InChI=1S/C13H7BrClNO/c14-10-4-1-2-6-13(10)17-12-7-3-5-11(15)9(12)8-16/h1-7H. The quantitative estimate of drug-likeness (QED) is 0.801. The van der Waals surface area contributed by atoms with Crippen LogP contribution in [0.4, 0.5) is 0 Å². The fourth-order valence-electron chi connectivity index (χ4n) is 1.34. The maximum absolute atomic E-state index is 9.02. The van der Waals surface area contributed by atoms with Crippen molar-refractivity contribution in [3.8, 4) is 17.6 Å². The fraction of sp³-hybridized carbons (Fsp3) is 0. The molecule has 2 nitrogen and oxygen atoms in total. The van der Waals surface area contributed by atoms with Crippen LogP contribution in [0.5, 0.6) is 11.5 Å². The van der Waals surface area contributed by atoms with Crippen molar-refractivity contribution >= 4 is 27.5 Å². The van der Waals surface area contributed by atoms with Crippen molar-refractivity contribution in [3.63, 3.8) is 0 Å². The number of hydrogen-bond acceptors (Lipinski definition) is 2. The van der Waals surface area contributed by atoms with E-state index >= 15 is 0 Å². The van der Waals surface area contributed by atoms with Gasteiger partial charge >= 0.3 is 0 Å². The maximum atomic E-state index is 9.02. The smallest absolute Gasteiger partial charge is 0.146 e. The zero-order valence-electron chi connectivity index (χ0n) is 8.65. The number of benzene rings is 2. The maximum Gasteiger partial charge on any atom is 0.146 e. The first-order valence-corrected chi connectivity index (χ1v) is 6.00. The molecule has 0 aliphatic carbocycles. The summed E-state index contributed by atoms with van der Waals surface area (Å²) in [5, 5.41) is 9.41. The highest BCUT2D eigenvalue weighted by atomic mass is 79.9. The van der Waals surface area contributed by atoms with E-state index in [2.05, 4.69) is 15.9 Å². The van der Waals surface area contributed by atoms with E-state index in [0.717, 1.165) is 4.47 Å². The molecule has 0 fully saturated rings. The predicted molar refractivity (Wildman–Crippen MR) is 70.4 cm³/mol. The zero-order valence-corrected chi connectivity index (χ0v) is 11.0. The second kappa shape index (κ2) is 5.22. The third-order valence-corrected chi connectivity index (χ3v) is 3.11. The molecular weight excluding hydrogens is 302 g/mol. The largest absolute Gasteiger partial charge is 0.455 e. The molecular formula is C13H7BrClNO. The molecule has 0 radical (unpaired) electrons. The van der Waals surface area contributed by atoms with Crippen LogP contribution in [-0.2, 0) is 0 Å². The van der Waals surface area contributed by atoms with E-state index in [4.69, 9.17) is 21.6 Å². The Morgan fingerprint density at radius 3 is 2.47 bits per heavy atom. The minimum atomic E-state index is 0.338. The van der Waals surface area contributed by atoms with Gasteiger partial charge < -0.3 is 4.74 Å². The van der Waals surface area contributed by atoms with Gasteiger partial charge in [-0.25, -0.2) is 0 Å². The molecule has 0 unspecified atom stereocenters. The lowest BCUT2D eigenvalue weighted by Gasteiger charge is -2.09. The van der Waals surface area contributed by atoms with E-state index in [1.807, 2.05) is 30.3 Å². The fourth-order valence-corrected chi connectivity index (χ4v) is 1.92. The number of hydrogen-bond donors (Lipinski definition) is 0. The molecule has 0 aliphatic rings. The van der Waals surface area contributed by atoms with Gasteiger partial charge in [-0.3, -0.25) is 0 Å². The minimum absolute atomic E-state index is 0.338. The summed E-state index contributed by atoms with van der Waals surface area (Å²) in [4.78, 5) is 0. The molecule has 0 atom stereocenters. The van der Waals surface area contributed by atoms with Gasteiger partial charge in [-0.15, -0.1) is 0 Å². The Bertz CT molecular complexity index is 592. The molecule has 84 valence electrons. The second-order valence-electron chi connectivity index (χ2n) is 3.26. The third-order valence-electron chi connectivity index (χ3n) is 2.14. The van der Waals surface area contributed by atoms with Crippen LogP contribution in [0.25, 0.3) is 0 Å². The number of halogens is 2. The monoisotopic (exact) mass is 307 g/mol. The van der Waals surface area contributed by atoms with E-state index in [1.54, 1.807) is 18.2 Å². The summed E-state index contributed by atoms with van der Waals surface area (Å²) in [7, 11) is 0. The van der Waals surface area contributed by atoms with Crippen molar-refractivity contribution in [3.05, 3.63) is 57.5 Å². The lowest BCUT2D eigenvalue weighted by molar-refractivity contribution is 0.478. The van der Waals surface area contributed by atoms with Gasteiger partial charge in [-0.1, -0.05) is 29.8 Å². The number of ether oxygens (including phenoxy) is 1. The molecule has 0 saturated heterocycles. The highest BCUT2D eigenvalue weighted by Crippen LogP contribution is 2.33. The molecule has 0 aliphatic heterocycles. The molecule has 0 aromatic heterocycles. The van der Waals surface area contributed by atoms with Crippen LogP contribution in [-0.4, -0.2) is 0 Å². The van der Waals surface area contributed by atoms with Gasteiger partial charge in [0.05, 0.1) is 9.50 Å². The first-order chi connectivity index (χ1) is 8.22. The molecule has 17 heavy (non-hydrogen) atoms. The molecule has 2 aromatic carbocycles. The van der Waals surface area contributed by atoms with Crippen molar-refractivity contribution in [1.29, 1.82) is 5.26 Å². The van der Waals surface area contributed by atoms with Gasteiger partial charge in [0.25, 0.3) is 0 Å². The lowest BCUT2D eigenvalue weighted by Crippen LogP contribution is -1.89. The summed E-state index contributed by atoms with van der Waals surface area (Å²) >= 11 is 9.30. The van der Waals surface area contributed by atoms with Gasteiger partial charge in [0, 0.05) is 0 Å². The third kappa shape index (κ3) is 2.60. The van der Waals surface area contributed by atoms with Gasteiger partial charge in [0.1, 0.15) is 23.1 Å². The second-order valence-corrected chi connectivity index (χ2v) is 4.52. The normalized spacial score (nSPS) is 9.71. The lowest BCUT2D eigenvalue weighted by atomic mass is 10.2. The Labute approximate surface area is 113 Å². The number of rotatable bonds is 2. The van der Waals surface area contributed by atoms with Crippen LogP contribution in [0.15, 0.2) is 46.9 Å². The van der Waals surface area contributed by atoms with Crippen LogP contribution >= 0.6 is 27.5 Å². The van der Waals surface area contributed by atoms with E-state index in [9.17, 15) is 0 Å². The molecule has 4 heteroatoms. The summed E-state index contributed by atoms with van der Waals surface area (Å²) in [5.74, 6) is 1.10. The Kier molecular flexibility index (Phi) is 3.68. The van der Waals surface area contributed by atoms with Crippen LogP contribution in [0.1, 0.15) is 5.56 Å². The van der Waals surface area contributed by atoms with Crippen LogP contribution in [0, 0.1) is 11.3 Å². The summed E-state index contributed by atoms with van der Waals surface area (Å²) < 4.78 is 6.48. The Morgan fingerprint density at radius 2 is 1.76 bits per heavy atom. The highest BCUT2D eigenvalue weighted by Gasteiger charge is 2.09. The molecule has 0 heterocycles. The molecule has 0 bridgehead atoms. The van der Waals surface area contributed by atoms with Gasteiger partial charge in [0.2, 0.25) is 0 Å². The van der Waals surface area contributed by atoms with E-state index in [0.29, 0.717) is 22.1 Å². The van der Waals surface area contributed by atoms with Crippen LogP contribution in [0.2, 0.25) is 5.02 Å². The SMILES string of the molecule is N#Cc1c(Cl)cccc1Oc1ccccc1Br. The van der Waals surface area contributed by atoms with Crippen molar-refractivity contribution in [2.75, 3.05) is 0 Å². The molecule has 2 aromatic rings. The predicted octanol–water partition coefficient (Wildman–Crippen LogP) is 4.77. The van der Waals surface area contributed by atoms with Crippen molar-refractivity contribution in [2.45, 2.75) is 0 Å². The summed E-state index contributed by atoms with van der Waals surface area (Å²) in [5.41, 5.74) is 0.338. The van der Waals surface area contributed by atoms with Gasteiger partial charge in [-0.05, 0) is 40.2 Å². The van der Waals surface area contributed by atoms with Crippen molar-refractivity contribution < 1.29 is 4.74 Å². The first-order valence-electron chi connectivity index (χ1n) is 4.83. The molecule has 0 saturated carbocycles. The topological polar surface area (TPSA) is 33.0 Å². The van der Waals surface area contributed by atoms with Crippen LogP contribution < -0.4 is 4.74 Å². The number of nitriles is 1. The average molecular weight is 309 g/mol. The van der Waals surface area contributed by atoms with Gasteiger partial charge in [-0.2, -0.15) is 5.26 Å². The number of nitrogens with zero attached hydrogens (tertiary/aromatic N) is 1. The Balaban J connectivity index is 2.41. The highest BCUT2D eigenvalue weighted by molar-refractivity contribution is 9.10. The van der Waals surface area contributed by atoms with Crippen LogP contribution in [0.3, 0.4) is 0 Å². The summed E-state index contributed by atoms with van der Waals surface area (Å²) in [6, 6.07) is 14.6. The Morgan fingerprint density at radius 1 is 1.06 bits per heavy atom. The summed E-state index contributed by atoms with van der Waals surface area (Å²) in [6.45, 7) is 0. The molecule has 0 N–H and O–H groups in total. The molecule has 0 spiro atoms.